The highest BCUT2D eigenvalue weighted by atomic mass is 127. The second kappa shape index (κ2) is 8.83. The third-order valence-corrected chi connectivity index (χ3v) is 3.77. The first-order chi connectivity index (χ1) is 9.83. The number of nitrogens with zero attached hydrogens (tertiary/aromatic N) is 3. The number of nitro groups is 2. The van der Waals surface area contributed by atoms with Crippen molar-refractivity contribution in [2.24, 2.45) is 0 Å². The van der Waals surface area contributed by atoms with E-state index in [0.717, 1.165) is 23.6 Å². The molecule has 0 amide bonds. The van der Waals surface area contributed by atoms with E-state index in [1.165, 1.54) is 12.1 Å². The predicted octanol–water partition coefficient (Wildman–Crippen LogP) is -0.628. The van der Waals surface area contributed by atoms with Crippen molar-refractivity contribution in [2.45, 2.75) is 13.8 Å². The number of ether oxygens (including phenoxy) is 1. The molecule has 0 aliphatic rings. The third-order valence-electron chi connectivity index (χ3n) is 3.77. The molecule has 9 heteroatoms. The third kappa shape index (κ3) is 5.37. The Morgan fingerprint density at radius 3 is 2.18 bits per heavy atom. The summed E-state index contributed by atoms with van der Waals surface area (Å²) in [5.41, 5.74) is -0.705. The molecular formula is C13H20IN3O5. The lowest BCUT2D eigenvalue weighted by molar-refractivity contribution is -0.906. The largest absolute Gasteiger partial charge is 1.00 e. The van der Waals surface area contributed by atoms with Crippen molar-refractivity contribution in [3.05, 3.63) is 38.4 Å². The van der Waals surface area contributed by atoms with Gasteiger partial charge in [0.25, 0.3) is 5.69 Å². The zero-order valence-corrected chi connectivity index (χ0v) is 15.0. The Balaban J connectivity index is 0.00000441. The van der Waals surface area contributed by atoms with E-state index < -0.39 is 9.85 Å². The molecule has 22 heavy (non-hydrogen) atoms. The van der Waals surface area contributed by atoms with Crippen LogP contribution in [0.25, 0.3) is 0 Å². The number of likely N-dealkylation sites (N-methyl/N-ethyl adjacent to an activating group) is 1. The van der Waals surface area contributed by atoms with Gasteiger partial charge in [-0.2, -0.15) is 0 Å². The minimum absolute atomic E-state index is 0. The molecule has 0 aromatic heterocycles. The van der Waals surface area contributed by atoms with Gasteiger partial charge in [-0.05, 0) is 19.9 Å². The second-order valence-corrected chi connectivity index (χ2v) is 4.99. The Kier molecular flexibility index (Phi) is 8.23. The summed E-state index contributed by atoms with van der Waals surface area (Å²) in [6.07, 6.45) is 0. The van der Waals surface area contributed by atoms with Crippen LogP contribution in [0.3, 0.4) is 0 Å². The lowest BCUT2D eigenvalue weighted by atomic mass is 10.2. The van der Waals surface area contributed by atoms with Gasteiger partial charge in [0.15, 0.2) is 5.75 Å². The van der Waals surface area contributed by atoms with E-state index in [-0.39, 0.29) is 41.1 Å². The molecular weight excluding hydrogens is 405 g/mol. The molecule has 0 saturated heterocycles. The summed E-state index contributed by atoms with van der Waals surface area (Å²) < 4.78 is 6.25. The van der Waals surface area contributed by atoms with Gasteiger partial charge in [0.05, 0.1) is 36.1 Å². The van der Waals surface area contributed by atoms with Crippen molar-refractivity contribution < 1.29 is 43.0 Å². The van der Waals surface area contributed by atoms with Crippen molar-refractivity contribution in [2.75, 3.05) is 33.3 Å². The Bertz CT molecular complexity index is 534. The molecule has 8 nitrogen and oxygen atoms in total. The van der Waals surface area contributed by atoms with E-state index in [4.69, 9.17) is 4.74 Å². The molecule has 0 bridgehead atoms. The van der Waals surface area contributed by atoms with Gasteiger partial charge < -0.3 is 33.2 Å². The maximum absolute atomic E-state index is 11.0. The lowest BCUT2D eigenvalue weighted by Gasteiger charge is -2.31. The molecule has 1 rings (SSSR count). The van der Waals surface area contributed by atoms with Crippen LogP contribution in [-0.2, 0) is 0 Å². The quantitative estimate of drug-likeness (QED) is 0.239. The molecule has 0 aliphatic heterocycles. The van der Waals surface area contributed by atoms with E-state index in [0.29, 0.717) is 13.2 Å². The van der Waals surface area contributed by atoms with Crippen LogP contribution in [0.5, 0.6) is 5.75 Å². The summed E-state index contributed by atoms with van der Waals surface area (Å²) in [5.74, 6) is 0.0596. The van der Waals surface area contributed by atoms with Gasteiger partial charge in [-0.1, -0.05) is 0 Å². The van der Waals surface area contributed by atoms with Crippen LogP contribution in [-0.4, -0.2) is 47.6 Å². The average Bonchev–Trinajstić information content (AvgIpc) is 2.46. The monoisotopic (exact) mass is 425 g/mol. The fourth-order valence-electron chi connectivity index (χ4n) is 1.80. The predicted molar refractivity (Wildman–Crippen MR) is 77.4 cm³/mol. The maximum atomic E-state index is 11.0. The molecule has 1 aromatic carbocycles. The van der Waals surface area contributed by atoms with Crippen LogP contribution in [0.1, 0.15) is 13.8 Å². The number of benzene rings is 1. The fraction of sp³-hybridized carbons (Fsp3) is 0.538. The van der Waals surface area contributed by atoms with Crippen molar-refractivity contribution >= 4 is 11.4 Å². The number of nitro benzene ring substituents is 2. The molecule has 1 aromatic rings. The normalized spacial score (nSPS) is 10.7. The topological polar surface area (TPSA) is 95.5 Å². The molecule has 0 atom stereocenters. The van der Waals surface area contributed by atoms with Gasteiger partial charge in [0, 0.05) is 6.07 Å². The number of hydrogen-bond acceptors (Lipinski definition) is 5. The van der Waals surface area contributed by atoms with Gasteiger partial charge in [0.1, 0.15) is 13.2 Å². The van der Waals surface area contributed by atoms with Crippen LogP contribution in [0, 0.1) is 20.2 Å². The number of rotatable bonds is 8. The Labute approximate surface area is 146 Å². The highest BCUT2D eigenvalue weighted by Crippen LogP contribution is 2.30. The minimum Gasteiger partial charge on any atom is -1.00 e. The Hall–Kier alpha value is -1.49. The summed E-state index contributed by atoms with van der Waals surface area (Å²) in [4.78, 5) is 20.3. The van der Waals surface area contributed by atoms with Crippen LogP contribution in [0.4, 0.5) is 11.4 Å². The van der Waals surface area contributed by atoms with Gasteiger partial charge in [-0.3, -0.25) is 20.2 Å². The van der Waals surface area contributed by atoms with Crippen LogP contribution < -0.4 is 28.7 Å². The van der Waals surface area contributed by atoms with Gasteiger partial charge in [-0.25, -0.2) is 0 Å². The van der Waals surface area contributed by atoms with Crippen LogP contribution >= 0.6 is 0 Å². The second-order valence-electron chi connectivity index (χ2n) is 4.99. The van der Waals surface area contributed by atoms with Gasteiger partial charge in [0.2, 0.25) is 0 Å². The van der Waals surface area contributed by atoms with Crippen molar-refractivity contribution in [3.63, 3.8) is 0 Å². The number of non-ortho nitro benzene ring substituents is 1. The van der Waals surface area contributed by atoms with E-state index in [1.54, 1.807) is 0 Å². The van der Waals surface area contributed by atoms with Crippen molar-refractivity contribution in [3.8, 4) is 5.75 Å². The smallest absolute Gasteiger partial charge is 0.317 e. The zero-order valence-electron chi connectivity index (χ0n) is 12.8. The molecule has 0 N–H and O–H groups in total. The standard InChI is InChI=1S/C13H20N3O5.HI/c1-4-16(3,5-2)8-9-21-13-7-6-11(14(17)18)10-12(13)15(19)20;/h6-7,10H,4-5,8-9H2,1-3H3;1H/q+1;/p-1. The average molecular weight is 425 g/mol. The Morgan fingerprint density at radius 2 is 1.73 bits per heavy atom. The minimum atomic E-state index is -0.671. The van der Waals surface area contributed by atoms with Crippen molar-refractivity contribution in [1.29, 1.82) is 0 Å². The summed E-state index contributed by atoms with van der Waals surface area (Å²) in [5, 5.41) is 21.6. The molecule has 0 spiro atoms. The highest BCUT2D eigenvalue weighted by Gasteiger charge is 2.22. The van der Waals surface area contributed by atoms with Crippen LogP contribution in [0.2, 0.25) is 0 Å². The van der Waals surface area contributed by atoms with E-state index >= 15 is 0 Å². The maximum Gasteiger partial charge on any atom is 0.317 e. The molecule has 0 fully saturated rings. The molecule has 0 unspecified atom stereocenters. The first-order valence-corrected chi connectivity index (χ1v) is 6.72. The summed E-state index contributed by atoms with van der Waals surface area (Å²) in [6, 6.07) is 3.40. The zero-order chi connectivity index (χ0) is 16.0. The fourth-order valence-corrected chi connectivity index (χ4v) is 1.80. The van der Waals surface area contributed by atoms with Crippen LogP contribution in [0.15, 0.2) is 18.2 Å². The molecule has 0 heterocycles. The SMILES string of the molecule is CC[N+](C)(CC)CCOc1ccc([N+](=O)[O-])cc1[N+](=O)[O-].[I-]. The number of hydrogen-bond donors (Lipinski definition) is 0. The number of halogens is 1. The first-order valence-electron chi connectivity index (χ1n) is 6.72. The van der Waals surface area contributed by atoms with Gasteiger partial charge >= 0.3 is 5.69 Å². The lowest BCUT2D eigenvalue weighted by Crippen LogP contribution is -3.00. The van der Waals surface area contributed by atoms with E-state index in [9.17, 15) is 20.2 Å². The van der Waals surface area contributed by atoms with Crippen molar-refractivity contribution in [1.82, 2.24) is 0 Å². The number of quaternary nitrogens is 1. The summed E-state index contributed by atoms with van der Waals surface area (Å²) in [7, 11) is 2.08. The first kappa shape index (κ1) is 20.5. The molecule has 0 saturated carbocycles. The highest BCUT2D eigenvalue weighted by molar-refractivity contribution is 5.53. The van der Waals surface area contributed by atoms with E-state index in [1.807, 2.05) is 0 Å². The summed E-state index contributed by atoms with van der Waals surface area (Å²) >= 11 is 0. The molecule has 0 radical (unpaired) electrons. The summed E-state index contributed by atoms with van der Waals surface area (Å²) in [6.45, 7) is 7.03. The Morgan fingerprint density at radius 1 is 1.14 bits per heavy atom. The molecule has 124 valence electrons. The van der Waals surface area contributed by atoms with E-state index in [2.05, 4.69) is 20.9 Å². The van der Waals surface area contributed by atoms with Gasteiger partial charge in [-0.15, -0.1) is 0 Å². The molecule has 0 aliphatic carbocycles.